The smallest absolute Gasteiger partial charge is 0.308 e. The van der Waals surface area contributed by atoms with E-state index in [4.69, 9.17) is 10.2 Å². The predicted molar refractivity (Wildman–Crippen MR) is 60.7 cm³/mol. The SMILES string of the molecule is O=C(O)C1CCN(C2CCCC2)CC1C(=O)O. The van der Waals surface area contributed by atoms with Crippen LogP contribution in [0.15, 0.2) is 0 Å². The highest BCUT2D eigenvalue weighted by molar-refractivity contribution is 5.80. The summed E-state index contributed by atoms with van der Waals surface area (Å²) in [6.07, 6.45) is 5.14. The Balaban J connectivity index is 2.02. The van der Waals surface area contributed by atoms with Gasteiger partial charge in [-0.25, -0.2) is 0 Å². The fraction of sp³-hybridized carbons (Fsp3) is 0.833. The Bertz CT molecular complexity index is 312. The molecule has 2 rings (SSSR count). The number of likely N-dealkylation sites (tertiary alicyclic amines) is 1. The van der Waals surface area contributed by atoms with Crippen molar-refractivity contribution < 1.29 is 19.8 Å². The lowest BCUT2D eigenvalue weighted by Gasteiger charge is -2.38. The van der Waals surface area contributed by atoms with Crippen LogP contribution in [0.3, 0.4) is 0 Å². The van der Waals surface area contributed by atoms with Crippen LogP contribution in [-0.2, 0) is 9.59 Å². The molecule has 0 radical (unpaired) electrons. The monoisotopic (exact) mass is 241 g/mol. The van der Waals surface area contributed by atoms with Crippen LogP contribution in [-0.4, -0.2) is 46.2 Å². The second-order valence-corrected chi connectivity index (χ2v) is 5.11. The number of carboxylic acids is 2. The fourth-order valence-electron chi connectivity index (χ4n) is 3.12. The first kappa shape index (κ1) is 12.4. The van der Waals surface area contributed by atoms with Crippen molar-refractivity contribution >= 4 is 11.9 Å². The lowest BCUT2D eigenvalue weighted by atomic mass is 9.85. The number of carboxylic acid groups (broad SMARTS) is 2. The van der Waals surface area contributed by atoms with Crippen molar-refractivity contribution in [3.63, 3.8) is 0 Å². The molecule has 2 aliphatic rings. The summed E-state index contributed by atoms with van der Waals surface area (Å²) in [5, 5.41) is 18.2. The number of piperidine rings is 1. The van der Waals surface area contributed by atoms with Gasteiger partial charge >= 0.3 is 11.9 Å². The molecule has 17 heavy (non-hydrogen) atoms. The Hall–Kier alpha value is -1.10. The third-order valence-electron chi connectivity index (χ3n) is 4.12. The minimum absolute atomic E-state index is 0.400. The number of rotatable bonds is 3. The maximum atomic E-state index is 11.1. The summed E-state index contributed by atoms with van der Waals surface area (Å²) in [5.41, 5.74) is 0. The summed E-state index contributed by atoms with van der Waals surface area (Å²) in [5.74, 6) is -3.41. The second kappa shape index (κ2) is 5.04. The number of carbonyl (C=O) groups is 2. The summed E-state index contributed by atoms with van der Waals surface area (Å²) in [6.45, 7) is 1.13. The van der Waals surface area contributed by atoms with Crippen molar-refractivity contribution in [1.82, 2.24) is 4.90 Å². The van der Waals surface area contributed by atoms with Crippen molar-refractivity contribution in [2.75, 3.05) is 13.1 Å². The van der Waals surface area contributed by atoms with Gasteiger partial charge in [-0.1, -0.05) is 12.8 Å². The molecule has 96 valence electrons. The number of hydrogen-bond acceptors (Lipinski definition) is 3. The van der Waals surface area contributed by atoms with Gasteiger partial charge in [0.25, 0.3) is 0 Å². The van der Waals surface area contributed by atoms with E-state index in [1.807, 2.05) is 0 Å². The Morgan fingerprint density at radius 2 is 1.53 bits per heavy atom. The minimum Gasteiger partial charge on any atom is -0.481 e. The van der Waals surface area contributed by atoms with Crippen molar-refractivity contribution in [2.45, 2.75) is 38.1 Å². The Morgan fingerprint density at radius 3 is 2.06 bits per heavy atom. The molecule has 0 aromatic rings. The van der Waals surface area contributed by atoms with Crippen LogP contribution < -0.4 is 0 Å². The van der Waals surface area contributed by atoms with Gasteiger partial charge in [-0.15, -0.1) is 0 Å². The third kappa shape index (κ3) is 2.60. The maximum absolute atomic E-state index is 11.1. The molecular weight excluding hydrogens is 222 g/mol. The molecule has 2 unspecified atom stereocenters. The molecule has 1 heterocycles. The summed E-state index contributed by atoms with van der Waals surface area (Å²) in [4.78, 5) is 24.3. The van der Waals surface area contributed by atoms with Gasteiger partial charge in [0.05, 0.1) is 11.8 Å². The lowest BCUT2D eigenvalue weighted by Crippen LogP contribution is -2.49. The van der Waals surface area contributed by atoms with Gasteiger partial charge in [0.15, 0.2) is 0 Å². The normalized spacial score (nSPS) is 31.5. The van der Waals surface area contributed by atoms with Gasteiger partial charge in [-0.05, 0) is 25.8 Å². The average Bonchev–Trinajstić information content (AvgIpc) is 2.81. The summed E-state index contributed by atoms with van der Waals surface area (Å²) >= 11 is 0. The first-order chi connectivity index (χ1) is 8.09. The van der Waals surface area contributed by atoms with Gasteiger partial charge < -0.3 is 10.2 Å². The van der Waals surface area contributed by atoms with Gasteiger partial charge in [0.1, 0.15) is 0 Å². The van der Waals surface area contributed by atoms with Crippen LogP contribution in [0.25, 0.3) is 0 Å². The zero-order chi connectivity index (χ0) is 12.4. The van der Waals surface area contributed by atoms with Crippen molar-refractivity contribution in [1.29, 1.82) is 0 Å². The summed E-state index contributed by atoms with van der Waals surface area (Å²) in [7, 11) is 0. The van der Waals surface area contributed by atoms with Crippen molar-refractivity contribution in [3.05, 3.63) is 0 Å². The molecule has 2 N–H and O–H groups in total. The van der Waals surface area contributed by atoms with Gasteiger partial charge in [0, 0.05) is 12.6 Å². The first-order valence-electron chi connectivity index (χ1n) is 6.29. The van der Waals surface area contributed by atoms with Gasteiger partial charge in [0.2, 0.25) is 0 Å². The van der Waals surface area contributed by atoms with E-state index in [9.17, 15) is 9.59 Å². The quantitative estimate of drug-likeness (QED) is 0.771. The first-order valence-corrected chi connectivity index (χ1v) is 6.29. The third-order valence-corrected chi connectivity index (χ3v) is 4.12. The molecule has 0 bridgehead atoms. The molecule has 1 aliphatic heterocycles. The zero-order valence-electron chi connectivity index (χ0n) is 9.84. The van der Waals surface area contributed by atoms with E-state index in [0.29, 0.717) is 19.0 Å². The molecule has 1 saturated carbocycles. The Labute approximate surface area is 100 Å². The molecule has 0 amide bonds. The standard InChI is InChI=1S/C12H19NO4/c14-11(15)9-5-6-13(7-10(9)12(16)17)8-3-1-2-4-8/h8-10H,1-7H2,(H,14,15)(H,16,17). The number of aliphatic carboxylic acids is 2. The van der Waals surface area contributed by atoms with Crippen molar-refractivity contribution in [3.8, 4) is 0 Å². The Morgan fingerprint density at radius 1 is 0.941 bits per heavy atom. The molecule has 5 nitrogen and oxygen atoms in total. The molecule has 0 aromatic carbocycles. The number of nitrogens with zero attached hydrogens (tertiary/aromatic N) is 1. The topological polar surface area (TPSA) is 77.8 Å². The molecule has 2 atom stereocenters. The fourth-order valence-corrected chi connectivity index (χ4v) is 3.12. The van der Waals surface area contributed by atoms with Crippen LogP contribution in [0, 0.1) is 11.8 Å². The van der Waals surface area contributed by atoms with Crippen LogP contribution in [0.2, 0.25) is 0 Å². The van der Waals surface area contributed by atoms with Crippen LogP contribution in [0.5, 0.6) is 0 Å². The van der Waals surface area contributed by atoms with E-state index in [2.05, 4.69) is 4.90 Å². The van der Waals surface area contributed by atoms with E-state index in [-0.39, 0.29) is 0 Å². The molecule has 2 fully saturated rings. The van der Waals surface area contributed by atoms with E-state index < -0.39 is 23.8 Å². The molecule has 5 heteroatoms. The maximum Gasteiger partial charge on any atom is 0.308 e. The van der Waals surface area contributed by atoms with E-state index in [0.717, 1.165) is 19.4 Å². The average molecular weight is 241 g/mol. The Kier molecular flexibility index (Phi) is 3.66. The number of hydrogen-bond donors (Lipinski definition) is 2. The predicted octanol–water partition coefficient (Wildman–Crippen LogP) is 1.04. The molecular formula is C12H19NO4. The van der Waals surface area contributed by atoms with Crippen LogP contribution in [0.4, 0.5) is 0 Å². The van der Waals surface area contributed by atoms with E-state index in [1.54, 1.807) is 0 Å². The van der Waals surface area contributed by atoms with E-state index >= 15 is 0 Å². The lowest BCUT2D eigenvalue weighted by molar-refractivity contribution is -0.157. The highest BCUT2D eigenvalue weighted by Gasteiger charge is 2.40. The minimum atomic E-state index is -0.972. The van der Waals surface area contributed by atoms with Crippen molar-refractivity contribution in [2.24, 2.45) is 11.8 Å². The molecule has 1 aliphatic carbocycles. The second-order valence-electron chi connectivity index (χ2n) is 5.11. The largest absolute Gasteiger partial charge is 0.481 e. The summed E-state index contributed by atoms with van der Waals surface area (Å²) in [6, 6.07) is 0.478. The highest BCUT2D eigenvalue weighted by atomic mass is 16.4. The van der Waals surface area contributed by atoms with Gasteiger partial charge in [-0.2, -0.15) is 0 Å². The van der Waals surface area contributed by atoms with Crippen LogP contribution >= 0.6 is 0 Å². The van der Waals surface area contributed by atoms with Crippen LogP contribution in [0.1, 0.15) is 32.1 Å². The molecule has 0 aromatic heterocycles. The van der Waals surface area contributed by atoms with Gasteiger partial charge in [-0.3, -0.25) is 14.5 Å². The molecule has 0 spiro atoms. The zero-order valence-corrected chi connectivity index (χ0v) is 9.84. The molecule has 1 saturated heterocycles. The highest BCUT2D eigenvalue weighted by Crippen LogP contribution is 2.30. The van der Waals surface area contributed by atoms with E-state index in [1.165, 1.54) is 12.8 Å². The summed E-state index contributed by atoms with van der Waals surface area (Å²) < 4.78 is 0.